The van der Waals surface area contributed by atoms with Gasteiger partial charge in [-0.15, -0.1) is 0 Å². The number of rotatable bonds is 2. The summed E-state index contributed by atoms with van der Waals surface area (Å²) in [5.41, 5.74) is 6.14. The maximum Gasteiger partial charge on any atom is 0.243 e. The van der Waals surface area contributed by atoms with Crippen molar-refractivity contribution in [2.45, 2.75) is 31.8 Å². The van der Waals surface area contributed by atoms with Gasteiger partial charge in [0.1, 0.15) is 5.82 Å². The first-order chi connectivity index (χ1) is 9.25. The van der Waals surface area contributed by atoms with E-state index < -0.39 is 15.8 Å². The third-order valence-electron chi connectivity index (χ3n) is 3.50. The highest BCUT2D eigenvalue weighted by Gasteiger charge is 2.32. The highest BCUT2D eigenvalue weighted by Crippen LogP contribution is 2.30. The molecule has 0 bridgehead atoms. The second-order valence-corrected chi connectivity index (χ2v) is 6.96. The Labute approximate surface area is 118 Å². The van der Waals surface area contributed by atoms with Crippen LogP contribution in [0.4, 0.5) is 10.1 Å². The van der Waals surface area contributed by atoms with Gasteiger partial charge in [0.2, 0.25) is 10.0 Å². The van der Waals surface area contributed by atoms with Crippen molar-refractivity contribution in [1.29, 1.82) is 0 Å². The molecular formula is C13H19FN2O3S. The number of ether oxygens (including phenoxy) is 1. The monoisotopic (exact) mass is 302 g/mol. The van der Waals surface area contributed by atoms with Crippen molar-refractivity contribution in [3.8, 4) is 0 Å². The van der Waals surface area contributed by atoms with Crippen molar-refractivity contribution in [1.82, 2.24) is 4.31 Å². The lowest BCUT2D eigenvalue weighted by molar-refractivity contribution is 0.0101. The molecule has 0 amide bonds. The molecule has 5 nitrogen and oxygen atoms in total. The fourth-order valence-electron chi connectivity index (χ4n) is 2.46. The van der Waals surface area contributed by atoms with Crippen molar-refractivity contribution < 1.29 is 17.5 Å². The Morgan fingerprint density at radius 1 is 1.45 bits per heavy atom. The van der Waals surface area contributed by atoms with E-state index in [9.17, 15) is 12.8 Å². The molecule has 1 aliphatic heterocycles. The molecule has 20 heavy (non-hydrogen) atoms. The van der Waals surface area contributed by atoms with Crippen LogP contribution in [-0.2, 0) is 14.8 Å². The van der Waals surface area contributed by atoms with E-state index >= 15 is 0 Å². The Morgan fingerprint density at radius 2 is 2.10 bits per heavy atom. The van der Waals surface area contributed by atoms with Crippen molar-refractivity contribution in [3.63, 3.8) is 0 Å². The lowest BCUT2D eigenvalue weighted by Gasteiger charge is -2.31. The van der Waals surface area contributed by atoms with Gasteiger partial charge in [-0.1, -0.05) is 0 Å². The van der Waals surface area contributed by atoms with E-state index in [4.69, 9.17) is 10.5 Å². The summed E-state index contributed by atoms with van der Waals surface area (Å²) in [4.78, 5) is 0.102. The summed E-state index contributed by atoms with van der Waals surface area (Å²) in [5, 5.41) is 0. The summed E-state index contributed by atoms with van der Waals surface area (Å²) < 4.78 is 45.7. The number of hydrogen-bond donors (Lipinski definition) is 1. The van der Waals surface area contributed by atoms with Crippen LogP contribution in [0.25, 0.3) is 0 Å². The molecule has 1 atom stereocenters. The Balaban J connectivity index is 2.52. The number of nitrogen functional groups attached to an aromatic ring is 1. The number of benzene rings is 1. The summed E-state index contributed by atoms with van der Waals surface area (Å²) in [7, 11) is -3.69. The molecule has 0 aromatic heterocycles. The van der Waals surface area contributed by atoms with Crippen molar-refractivity contribution >= 4 is 15.7 Å². The topological polar surface area (TPSA) is 72.6 Å². The molecule has 1 unspecified atom stereocenters. The zero-order valence-electron chi connectivity index (χ0n) is 11.8. The lowest BCUT2D eigenvalue weighted by atomic mass is 10.1. The van der Waals surface area contributed by atoms with Gasteiger partial charge in [0.25, 0.3) is 0 Å². The second kappa shape index (κ2) is 5.31. The molecule has 112 valence electrons. The van der Waals surface area contributed by atoms with Crippen molar-refractivity contribution in [2.24, 2.45) is 0 Å². The molecule has 0 radical (unpaired) electrons. The predicted octanol–water partition coefficient (Wildman–Crippen LogP) is 1.43. The summed E-state index contributed by atoms with van der Waals surface area (Å²) in [5.74, 6) is -0.589. The molecule has 7 heteroatoms. The van der Waals surface area contributed by atoms with Gasteiger partial charge in [-0.2, -0.15) is 4.31 Å². The number of halogens is 1. The number of morpholine rings is 1. The summed E-state index contributed by atoms with van der Waals surface area (Å²) in [6, 6.07) is 1.17. The Morgan fingerprint density at radius 3 is 2.70 bits per heavy atom. The van der Waals surface area contributed by atoms with Crippen LogP contribution in [0.15, 0.2) is 11.0 Å². The highest BCUT2D eigenvalue weighted by molar-refractivity contribution is 7.89. The van der Waals surface area contributed by atoms with Crippen LogP contribution < -0.4 is 5.73 Å². The van der Waals surface area contributed by atoms with Gasteiger partial charge in [-0.3, -0.25) is 0 Å². The highest BCUT2D eigenvalue weighted by atomic mass is 32.2. The number of nitrogens with zero attached hydrogens (tertiary/aromatic N) is 1. The summed E-state index contributed by atoms with van der Waals surface area (Å²) >= 11 is 0. The molecular weight excluding hydrogens is 283 g/mol. The van der Waals surface area contributed by atoms with Crippen LogP contribution >= 0.6 is 0 Å². The molecule has 1 aromatic rings. The van der Waals surface area contributed by atoms with Crippen LogP contribution in [0.3, 0.4) is 0 Å². The van der Waals surface area contributed by atoms with Gasteiger partial charge in [0, 0.05) is 13.1 Å². The first kappa shape index (κ1) is 15.2. The quantitative estimate of drug-likeness (QED) is 0.839. The average molecular weight is 302 g/mol. The maximum absolute atomic E-state index is 13.6. The van der Waals surface area contributed by atoms with Crippen molar-refractivity contribution in [3.05, 3.63) is 23.0 Å². The van der Waals surface area contributed by atoms with E-state index in [1.165, 1.54) is 17.3 Å². The first-order valence-electron chi connectivity index (χ1n) is 6.42. The molecule has 0 aliphatic carbocycles. The van der Waals surface area contributed by atoms with E-state index in [1.807, 2.05) is 6.92 Å². The molecule has 1 aliphatic rings. The minimum Gasteiger partial charge on any atom is -0.396 e. The zero-order chi connectivity index (χ0) is 15.1. The number of aryl methyl sites for hydroxylation is 1. The first-order valence-corrected chi connectivity index (χ1v) is 7.86. The molecule has 1 aromatic carbocycles. The standard InChI is InChI=1S/C13H19FN2O3S/c1-8-6-11(14)12(15)10(3)13(8)20(17,18)16-4-5-19-9(2)7-16/h6,9H,4-5,7,15H2,1-3H3. The molecule has 0 spiro atoms. The predicted molar refractivity (Wildman–Crippen MR) is 74.5 cm³/mol. The van der Waals surface area contributed by atoms with Crippen LogP contribution in [0.5, 0.6) is 0 Å². The Hall–Kier alpha value is -1.18. The lowest BCUT2D eigenvalue weighted by Crippen LogP contribution is -2.44. The van der Waals surface area contributed by atoms with Crippen LogP contribution in [0.2, 0.25) is 0 Å². The van der Waals surface area contributed by atoms with Crippen molar-refractivity contribution in [2.75, 3.05) is 25.4 Å². The number of anilines is 1. The van der Waals surface area contributed by atoms with Gasteiger partial charge in [0.15, 0.2) is 0 Å². The Bertz CT molecular complexity index is 631. The SMILES string of the molecule is Cc1cc(F)c(N)c(C)c1S(=O)(=O)N1CCOC(C)C1. The van der Waals surface area contributed by atoms with Gasteiger partial charge in [-0.05, 0) is 38.0 Å². The zero-order valence-corrected chi connectivity index (χ0v) is 12.6. The maximum atomic E-state index is 13.6. The fraction of sp³-hybridized carbons (Fsp3) is 0.538. The van der Waals surface area contributed by atoms with Crippen LogP contribution in [0.1, 0.15) is 18.1 Å². The smallest absolute Gasteiger partial charge is 0.243 e. The molecule has 2 N–H and O–H groups in total. The fourth-order valence-corrected chi connectivity index (χ4v) is 4.40. The van der Waals surface area contributed by atoms with E-state index in [2.05, 4.69) is 0 Å². The van der Waals surface area contributed by atoms with E-state index in [0.29, 0.717) is 25.3 Å². The number of sulfonamides is 1. The molecule has 1 fully saturated rings. The summed E-state index contributed by atoms with van der Waals surface area (Å²) in [6.45, 7) is 5.87. The molecule has 1 saturated heterocycles. The van der Waals surface area contributed by atoms with Crippen LogP contribution in [0, 0.1) is 19.7 Å². The van der Waals surface area contributed by atoms with Gasteiger partial charge in [-0.25, -0.2) is 12.8 Å². The van der Waals surface area contributed by atoms with E-state index in [1.54, 1.807) is 6.92 Å². The summed E-state index contributed by atoms with van der Waals surface area (Å²) in [6.07, 6.45) is -0.156. The van der Waals surface area contributed by atoms with E-state index in [-0.39, 0.29) is 22.3 Å². The average Bonchev–Trinajstić information content (AvgIpc) is 2.36. The van der Waals surface area contributed by atoms with Gasteiger partial charge < -0.3 is 10.5 Å². The normalized spacial score (nSPS) is 21.1. The van der Waals surface area contributed by atoms with E-state index in [0.717, 1.165) is 0 Å². The van der Waals surface area contributed by atoms with Gasteiger partial charge >= 0.3 is 0 Å². The largest absolute Gasteiger partial charge is 0.396 e. The third-order valence-corrected chi connectivity index (χ3v) is 5.66. The Kier molecular flexibility index (Phi) is 4.04. The number of hydrogen-bond acceptors (Lipinski definition) is 4. The van der Waals surface area contributed by atoms with Crippen LogP contribution in [-0.4, -0.2) is 38.5 Å². The minimum absolute atomic E-state index is 0.102. The molecule has 0 saturated carbocycles. The second-order valence-electron chi connectivity index (χ2n) is 5.09. The third kappa shape index (κ3) is 2.53. The minimum atomic E-state index is -3.69. The van der Waals surface area contributed by atoms with Gasteiger partial charge in [0.05, 0.1) is 23.3 Å². The molecule has 1 heterocycles. The number of nitrogens with two attached hydrogens (primary N) is 1. The molecule has 2 rings (SSSR count).